The molecule has 0 aromatic carbocycles. The molecule has 1 rings (SSSR count). The highest BCUT2D eigenvalue weighted by molar-refractivity contribution is 6.02. The van der Waals surface area contributed by atoms with Gasteiger partial charge in [-0.1, -0.05) is 0 Å². The summed E-state index contributed by atoms with van der Waals surface area (Å²) >= 11 is 0. The van der Waals surface area contributed by atoms with Crippen LogP contribution in [0.5, 0.6) is 0 Å². The maximum Gasteiger partial charge on any atom is 0.357 e. The van der Waals surface area contributed by atoms with Crippen molar-refractivity contribution in [3.63, 3.8) is 0 Å². The molecule has 3 heteroatoms. The second-order valence-electron chi connectivity index (χ2n) is 0.935. The second kappa shape index (κ2) is 0.801. The van der Waals surface area contributed by atoms with E-state index < -0.39 is 12.1 Å². The van der Waals surface area contributed by atoms with Gasteiger partial charge in [0, 0.05) is 0 Å². The number of hydrogen-bond acceptors (Lipinski definition) is 3. The topological polar surface area (TPSA) is 46.7 Å². The fourth-order valence-corrected chi connectivity index (χ4v) is 0.154. The van der Waals surface area contributed by atoms with Crippen molar-refractivity contribution in [1.29, 1.82) is 0 Å². The first-order chi connectivity index (χ1) is 2.84. The molecule has 0 spiro atoms. The second-order valence-corrected chi connectivity index (χ2v) is 0.935. The number of carbonyl (C=O) groups excluding carboxylic acids is 2. The minimum atomic E-state index is -0.843. The normalized spacial score (nSPS) is 28.7. The SMILES string of the molecule is O=[C]C1OC1=O. The Morgan fingerprint density at radius 2 is 2.33 bits per heavy atom. The van der Waals surface area contributed by atoms with E-state index in [0.717, 1.165) is 0 Å². The molecule has 1 heterocycles. The van der Waals surface area contributed by atoms with E-state index in [4.69, 9.17) is 0 Å². The van der Waals surface area contributed by atoms with E-state index in [0.29, 0.717) is 0 Å². The van der Waals surface area contributed by atoms with Gasteiger partial charge in [-0.2, -0.15) is 0 Å². The van der Waals surface area contributed by atoms with Gasteiger partial charge in [-0.25, -0.2) is 4.79 Å². The van der Waals surface area contributed by atoms with Crippen LogP contribution in [0.3, 0.4) is 0 Å². The lowest BCUT2D eigenvalue weighted by atomic mass is 10.5. The number of cyclic esters (lactones) is 1. The molecular formula is C3HO3. The van der Waals surface area contributed by atoms with Crippen molar-refractivity contribution < 1.29 is 14.3 Å². The molecule has 0 aliphatic carbocycles. The molecule has 1 aliphatic heterocycles. The lowest BCUT2D eigenvalue weighted by Crippen LogP contribution is -1.83. The van der Waals surface area contributed by atoms with Crippen LogP contribution in [0.2, 0.25) is 0 Å². The van der Waals surface area contributed by atoms with Crippen molar-refractivity contribution in [2.75, 3.05) is 0 Å². The van der Waals surface area contributed by atoms with Crippen LogP contribution in [0.1, 0.15) is 0 Å². The maximum absolute atomic E-state index is 9.63. The van der Waals surface area contributed by atoms with Crippen LogP contribution >= 0.6 is 0 Å². The summed E-state index contributed by atoms with van der Waals surface area (Å²) in [6.07, 6.45) is 0.524. The highest BCUT2D eigenvalue weighted by atomic mass is 16.6. The Kier molecular flexibility index (Phi) is 0.445. The molecule has 0 bridgehead atoms. The molecule has 1 atom stereocenters. The first-order valence-corrected chi connectivity index (χ1v) is 1.43. The van der Waals surface area contributed by atoms with E-state index in [-0.39, 0.29) is 0 Å². The van der Waals surface area contributed by atoms with Crippen LogP contribution in [0.15, 0.2) is 0 Å². The third-order valence-electron chi connectivity index (χ3n) is 0.498. The van der Waals surface area contributed by atoms with Crippen molar-refractivity contribution in [1.82, 2.24) is 0 Å². The van der Waals surface area contributed by atoms with Crippen molar-refractivity contribution in [2.24, 2.45) is 0 Å². The lowest BCUT2D eigenvalue weighted by Gasteiger charge is -1.47. The number of rotatable bonds is 1. The van der Waals surface area contributed by atoms with E-state index in [1.165, 1.54) is 6.29 Å². The summed E-state index contributed by atoms with van der Waals surface area (Å²) in [5.41, 5.74) is 0. The van der Waals surface area contributed by atoms with Gasteiger partial charge < -0.3 is 4.74 Å². The zero-order chi connectivity index (χ0) is 4.57. The van der Waals surface area contributed by atoms with Crippen LogP contribution in [0.4, 0.5) is 0 Å². The Morgan fingerprint density at radius 3 is 2.33 bits per heavy atom. The minimum Gasteiger partial charge on any atom is -0.438 e. The number of carbonyl (C=O) groups is 1. The third-order valence-corrected chi connectivity index (χ3v) is 0.498. The highest BCUT2D eigenvalue weighted by Gasteiger charge is 2.38. The molecule has 0 N–H and O–H groups in total. The monoisotopic (exact) mass is 85.0 g/mol. The molecule has 1 unspecified atom stereocenters. The first kappa shape index (κ1) is 3.33. The molecule has 31 valence electrons. The summed E-state index contributed by atoms with van der Waals surface area (Å²) in [6.45, 7) is 0. The van der Waals surface area contributed by atoms with Gasteiger partial charge in [0.15, 0.2) is 0 Å². The minimum absolute atomic E-state index is 0.468. The van der Waals surface area contributed by atoms with Gasteiger partial charge in [-0.05, 0) is 0 Å². The average Bonchev–Trinajstić information content (AvgIpc) is 2.19. The predicted octanol–water partition coefficient (Wildman–Crippen LogP) is -0.979. The number of ether oxygens (including phenoxy) is 1. The fraction of sp³-hybridized carbons (Fsp3) is 0.333. The van der Waals surface area contributed by atoms with E-state index >= 15 is 0 Å². The van der Waals surface area contributed by atoms with Crippen molar-refractivity contribution >= 4 is 12.3 Å². The Balaban J connectivity index is 2.44. The van der Waals surface area contributed by atoms with Gasteiger partial charge >= 0.3 is 5.97 Å². The van der Waals surface area contributed by atoms with Crippen molar-refractivity contribution in [3.8, 4) is 0 Å². The zero-order valence-corrected chi connectivity index (χ0v) is 2.80. The Morgan fingerprint density at radius 1 is 1.83 bits per heavy atom. The molecule has 3 nitrogen and oxygen atoms in total. The smallest absolute Gasteiger partial charge is 0.357 e. The van der Waals surface area contributed by atoms with Crippen LogP contribution in [0, 0.1) is 0 Å². The van der Waals surface area contributed by atoms with Crippen LogP contribution in [0.25, 0.3) is 0 Å². The number of epoxide rings is 1. The summed E-state index contributed by atoms with van der Waals surface area (Å²) in [5.74, 6) is -0.468. The zero-order valence-electron chi connectivity index (χ0n) is 2.80. The van der Waals surface area contributed by atoms with Crippen LogP contribution in [-0.2, 0) is 14.3 Å². The molecule has 0 aromatic rings. The van der Waals surface area contributed by atoms with Gasteiger partial charge in [-0.15, -0.1) is 0 Å². The molecule has 6 heavy (non-hydrogen) atoms. The molecular weight excluding hydrogens is 84.0 g/mol. The number of hydrogen-bond donors (Lipinski definition) is 0. The Bertz CT molecular complexity index is 96.2. The molecule has 0 saturated carbocycles. The van der Waals surface area contributed by atoms with E-state index in [1.807, 2.05) is 0 Å². The summed E-state index contributed by atoms with van der Waals surface area (Å²) in [5, 5.41) is 0. The van der Waals surface area contributed by atoms with Crippen LogP contribution < -0.4 is 0 Å². The van der Waals surface area contributed by atoms with E-state index in [2.05, 4.69) is 4.74 Å². The standard InChI is InChI=1S/C3HO3/c4-1-2-3(5)6-2/h2H. The summed E-state index contributed by atoms with van der Waals surface area (Å²) < 4.78 is 4.00. The van der Waals surface area contributed by atoms with Crippen molar-refractivity contribution in [3.05, 3.63) is 0 Å². The first-order valence-electron chi connectivity index (χ1n) is 1.43. The molecule has 1 fully saturated rings. The van der Waals surface area contributed by atoms with Crippen molar-refractivity contribution in [2.45, 2.75) is 6.10 Å². The van der Waals surface area contributed by atoms with Gasteiger partial charge in [0.1, 0.15) is 0 Å². The Hall–Kier alpha value is -0.860. The fourth-order valence-electron chi connectivity index (χ4n) is 0.154. The largest absolute Gasteiger partial charge is 0.438 e. The molecule has 0 amide bonds. The van der Waals surface area contributed by atoms with E-state index in [1.54, 1.807) is 0 Å². The van der Waals surface area contributed by atoms with Gasteiger partial charge in [-0.3, -0.25) is 4.79 Å². The average molecular weight is 85.0 g/mol. The molecule has 0 aromatic heterocycles. The quantitative estimate of drug-likeness (QED) is 0.303. The molecule has 1 aliphatic rings. The van der Waals surface area contributed by atoms with E-state index in [9.17, 15) is 9.59 Å². The lowest BCUT2D eigenvalue weighted by molar-refractivity contribution is -0.117. The summed E-state index contributed by atoms with van der Waals surface area (Å²) in [6, 6.07) is 0. The predicted molar refractivity (Wildman–Crippen MR) is 15.6 cm³/mol. The molecule has 1 radical (unpaired) electrons. The molecule has 1 saturated heterocycles. The summed E-state index contributed by atoms with van der Waals surface area (Å²) in [4.78, 5) is 18.9. The third kappa shape index (κ3) is 0.282. The summed E-state index contributed by atoms with van der Waals surface area (Å²) in [7, 11) is 0. The highest BCUT2D eigenvalue weighted by Crippen LogP contribution is 2.06. The maximum atomic E-state index is 9.63. The van der Waals surface area contributed by atoms with Gasteiger partial charge in [0.05, 0.1) is 0 Å². The Labute approximate surface area is 33.9 Å². The van der Waals surface area contributed by atoms with Gasteiger partial charge in [0.2, 0.25) is 0 Å². The van der Waals surface area contributed by atoms with Gasteiger partial charge in [0.25, 0.3) is 12.4 Å². The van der Waals surface area contributed by atoms with Crippen LogP contribution in [-0.4, -0.2) is 18.4 Å².